The molecule has 0 saturated carbocycles. The highest BCUT2D eigenvalue weighted by Crippen LogP contribution is 2.27. The molecular formula is C21H28FN2O3+. The van der Waals surface area contributed by atoms with Crippen LogP contribution < -0.4 is 19.7 Å². The van der Waals surface area contributed by atoms with E-state index in [-0.39, 0.29) is 17.8 Å². The second-order valence-corrected chi connectivity index (χ2v) is 6.51. The fraction of sp³-hybridized carbons (Fsp3) is 0.381. The van der Waals surface area contributed by atoms with Crippen LogP contribution in [0.4, 0.5) is 4.39 Å². The summed E-state index contributed by atoms with van der Waals surface area (Å²) in [5.74, 6) is 1.07. The minimum atomic E-state index is -0.284. The van der Waals surface area contributed by atoms with E-state index >= 15 is 0 Å². The molecule has 0 spiro atoms. The molecule has 2 atom stereocenters. The van der Waals surface area contributed by atoms with Gasteiger partial charge in [0.05, 0.1) is 20.8 Å². The summed E-state index contributed by atoms with van der Waals surface area (Å²) in [6.45, 7) is 5.45. The van der Waals surface area contributed by atoms with Gasteiger partial charge in [0.1, 0.15) is 12.4 Å². The molecule has 6 heteroatoms. The van der Waals surface area contributed by atoms with Crippen molar-refractivity contribution in [3.63, 3.8) is 0 Å². The monoisotopic (exact) mass is 375 g/mol. The van der Waals surface area contributed by atoms with Gasteiger partial charge in [0.2, 0.25) is 0 Å². The fourth-order valence-electron chi connectivity index (χ4n) is 2.74. The van der Waals surface area contributed by atoms with Crippen molar-refractivity contribution >= 4 is 5.91 Å². The Labute approximate surface area is 160 Å². The Hall–Kier alpha value is -2.60. The van der Waals surface area contributed by atoms with Crippen molar-refractivity contribution in [2.45, 2.75) is 33.0 Å². The number of hydrogen-bond acceptors (Lipinski definition) is 3. The first-order chi connectivity index (χ1) is 12.9. The molecule has 2 aromatic rings. The smallest absolute Gasteiger partial charge is 0.278 e. The molecular weight excluding hydrogens is 347 g/mol. The molecule has 2 rings (SSSR count). The number of carbonyl (C=O) groups excluding carboxylic acids is 1. The van der Waals surface area contributed by atoms with Crippen LogP contribution in [0.25, 0.3) is 0 Å². The third-order valence-corrected chi connectivity index (χ3v) is 4.52. The average Bonchev–Trinajstić information content (AvgIpc) is 2.67. The predicted molar refractivity (Wildman–Crippen MR) is 102 cm³/mol. The number of benzene rings is 2. The van der Waals surface area contributed by atoms with Crippen molar-refractivity contribution < 1.29 is 23.6 Å². The zero-order chi connectivity index (χ0) is 19.8. The van der Waals surface area contributed by atoms with Crippen LogP contribution in [-0.4, -0.2) is 32.7 Å². The number of methoxy groups -OCH3 is 1. The Morgan fingerprint density at radius 3 is 2.44 bits per heavy atom. The summed E-state index contributed by atoms with van der Waals surface area (Å²) in [6, 6.07) is 11.7. The third-order valence-electron chi connectivity index (χ3n) is 4.52. The maximum absolute atomic E-state index is 12.9. The highest BCUT2D eigenvalue weighted by Gasteiger charge is 2.22. The fourth-order valence-corrected chi connectivity index (χ4v) is 2.74. The Morgan fingerprint density at radius 1 is 1.15 bits per heavy atom. The van der Waals surface area contributed by atoms with Crippen LogP contribution in [0.15, 0.2) is 42.5 Å². The second kappa shape index (κ2) is 9.92. The van der Waals surface area contributed by atoms with Crippen LogP contribution in [0.5, 0.6) is 11.5 Å². The Bertz CT molecular complexity index is 750. The first-order valence-corrected chi connectivity index (χ1v) is 9.08. The van der Waals surface area contributed by atoms with E-state index in [1.54, 1.807) is 19.2 Å². The lowest BCUT2D eigenvalue weighted by Crippen LogP contribution is -3.12. The normalized spacial score (nSPS) is 12.9. The molecule has 5 nitrogen and oxygen atoms in total. The summed E-state index contributed by atoms with van der Waals surface area (Å²) in [5, 5.41) is 2.91. The van der Waals surface area contributed by atoms with Gasteiger partial charge in [0, 0.05) is 12.1 Å². The first-order valence-electron chi connectivity index (χ1n) is 9.08. The summed E-state index contributed by atoms with van der Waals surface area (Å²) < 4.78 is 23.9. The van der Waals surface area contributed by atoms with E-state index < -0.39 is 0 Å². The van der Waals surface area contributed by atoms with E-state index in [9.17, 15) is 9.18 Å². The first kappa shape index (κ1) is 20.7. The molecule has 2 N–H and O–H groups in total. The highest BCUT2D eigenvalue weighted by molar-refractivity contribution is 5.79. The van der Waals surface area contributed by atoms with Gasteiger partial charge >= 0.3 is 0 Å². The van der Waals surface area contributed by atoms with Gasteiger partial charge in [-0.25, -0.2) is 4.39 Å². The van der Waals surface area contributed by atoms with Crippen molar-refractivity contribution in [1.29, 1.82) is 0 Å². The van der Waals surface area contributed by atoms with E-state index in [2.05, 4.69) is 5.32 Å². The van der Waals surface area contributed by atoms with Crippen LogP contribution >= 0.6 is 0 Å². The lowest BCUT2D eigenvalue weighted by atomic mass is 10.1. The molecule has 0 saturated heterocycles. The zero-order valence-electron chi connectivity index (χ0n) is 16.3. The number of likely N-dealkylation sites (N-methyl/N-ethyl adjacent to an activating group) is 1. The highest BCUT2D eigenvalue weighted by atomic mass is 19.1. The standard InChI is InChI=1S/C21H27FN2O3/c1-5-27-19-11-8-17(12-20(19)26-4)14-24(3)15(2)21(25)23-13-16-6-9-18(22)10-7-16/h6-12,15H,5,13-14H2,1-4H3,(H,23,25)/p+1/t15-/m0/s1. The van der Waals surface area contributed by atoms with Gasteiger partial charge in [-0.3, -0.25) is 4.79 Å². The summed E-state index contributed by atoms with van der Waals surface area (Å²) in [5.41, 5.74) is 1.93. The third kappa shape index (κ3) is 5.96. The van der Waals surface area contributed by atoms with E-state index in [1.165, 1.54) is 12.1 Å². The topological polar surface area (TPSA) is 52.0 Å². The van der Waals surface area contributed by atoms with Gasteiger partial charge in [-0.05, 0) is 49.7 Å². The number of quaternary nitrogens is 1. The van der Waals surface area contributed by atoms with Crippen LogP contribution in [0.1, 0.15) is 25.0 Å². The van der Waals surface area contributed by atoms with Crippen molar-refractivity contribution in [2.24, 2.45) is 0 Å². The summed E-state index contributed by atoms with van der Waals surface area (Å²) in [4.78, 5) is 13.5. The largest absolute Gasteiger partial charge is 0.493 e. The minimum absolute atomic E-state index is 0.0465. The van der Waals surface area contributed by atoms with Gasteiger partial charge < -0.3 is 19.7 Å². The zero-order valence-corrected chi connectivity index (χ0v) is 16.3. The molecule has 0 bridgehead atoms. The van der Waals surface area contributed by atoms with E-state index in [4.69, 9.17) is 9.47 Å². The molecule has 0 aliphatic rings. The molecule has 1 amide bonds. The summed E-state index contributed by atoms with van der Waals surface area (Å²) in [6.07, 6.45) is 0. The number of nitrogens with one attached hydrogen (secondary N) is 2. The van der Waals surface area contributed by atoms with Crippen LogP contribution in [-0.2, 0) is 17.9 Å². The number of hydrogen-bond donors (Lipinski definition) is 2. The van der Waals surface area contributed by atoms with Crippen LogP contribution in [0, 0.1) is 5.82 Å². The number of ether oxygens (including phenoxy) is 2. The Kier molecular flexibility index (Phi) is 7.61. The van der Waals surface area contributed by atoms with Gasteiger partial charge in [-0.1, -0.05) is 12.1 Å². The van der Waals surface area contributed by atoms with Gasteiger partial charge in [-0.2, -0.15) is 0 Å². The van der Waals surface area contributed by atoms with Gasteiger partial charge in [0.25, 0.3) is 5.91 Å². The molecule has 0 aliphatic heterocycles. The maximum Gasteiger partial charge on any atom is 0.278 e. The van der Waals surface area contributed by atoms with E-state index in [1.807, 2.05) is 39.1 Å². The second-order valence-electron chi connectivity index (χ2n) is 6.51. The Morgan fingerprint density at radius 2 is 1.81 bits per heavy atom. The summed E-state index contributed by atoms with van der Waals surface area (Å²) in [7, 11) is 3.59. The minimum Gasteiger partial charge on any atom is -0.493 e. The lowest BCUT2D eigenvalue weighted by molar-refractivity contribution is -0.908. The molecule has 146 valence electrons. The SMILES string of the molecule is CCOc1ccc(C[NH+](C)[C@@H](C)C(=O)NCc2ccc(F)cc2)cc1OC. The van der Waals surface area contributed by atoms with E-state index in [0.717, 1.165) is 16.0 Å². The molecule has 0 aliphatic carbocycles. The van der Waals surface area contributed by atoms with E-state index in [0.29, 0.717) is 31.2 Å². The number of rotatable bonds is 9. The van der Waals surface area contributed by atoms with Crippen molar-refractivity contribution in [3.05, 3.63) is 59.4 Å². The van der Waals surface area contributed by atoms with Crippen LogP contribution in [0.3, 0.4) is 0 Å². The lowest BCUT2D eigenvalue weighted by Gasteiger charge is -2.21. The quantitative estimate of drug-likeness (QED) is 0.704. The molecule has 0 aromatic heterocycles. The van der Waals surface area contributed by atoms with Crippen molar-refractivity contribution in [3.8, 4) is 11.5 Å². The molecule has 27 heavy (non-hydrogen) atoms. The average molecular weight is 375 g/mol. The Balaban J connectivity index is 1.92. The molecule has 0 radical (unpaired) electrons. The molecule has 0 heterocycles. The van der Waals surface area contributed by atoms with Gasteiger partial charge in [0.15, 0.2) is 17.5 Å². The maximum atomic E-state index is 12.9. The van der Waals surface area contributed by atoms with Gasteiger partial charge in [-0.15, -0.1) is 0 Å². The number of amides is 1. The predicted octanol–water partition coefficient (Wildman–Crippen LogP) is 1.95. The molecule has 1 unspecified atom stereocenters. The molecule has 2 aromatic carbocycles. The van der Waals surface area contributed by atoms with Crippen LogP contribution in [0.2, 0.25) is 0 Å². The number of halogens is 1. The van der Waals surface area contributed by atoms with Crippen molar-refractivity contribution in [2.75, 3.05) is 20.8 Å². The van der Waals surface area contributed by atoms with Crippen molar-refractivity contribution in [1.82, 2.24) is 5.32 Å². The molecule has 0 fully saturated rings. The summed E-state index contributed by atoms with van der Waals surface area (Å²) >= 11 is 0. The number of carbonyl (C=O) groups is 1.